The number of nitrogens with one attached hydrogen (secondary N) is 1. The molecule has 112 valence electrons. The number of aromatic nitrogens is 2. The van der Waals surface area contributed by atoms with Crippen LogP contribution in [0.15, 0.2) is 30.7 Å². The zero-order valence-electron chi connectivity index (χ0n) is 12.8. The largest absolute Gasteiger partial charge is 0.487 e. The first kappa shape index (κ1) is 14.1. The summed E-state index contributed by atoms with van der Waals surface area (Å²) in [6.07, 6.45) is 7.30. The van der Waals surface area contributed by atoms with Gasteiger partial charge in [0.1, 0.15) is 12.4 Å². The number of ether oxygens (including phenoxy) is 1. The molecule has 21 heavy (non-hydrogen) atoms. The van der Waals surface area contributed by atoms with Gasteiger partial charge in [-0.1, -0.05) is 13.0 Å². The van der Waals surface area contributed by atoms with Crippen molar-refractivity contribution in [2.75, 3.05) is 6.54 Å². The van der Waals surface area contributed by atoms with Crippen molar-refractivity contribution in [2.24, 2.45) is 7.05 Å². The average molecular weight is 285 g/mol. The summed E-state index contributed by atoms with van der Waals surface area (Å²) in [6.45, 7) is 3.72. The van der Waals surface area contributed by atoms with E-state index < -0.39 is 0 Å². The number of nitrogens with zero attached hydrogens (tertiary/aromatic N) is 2. The maximum Gasteiger partial charge on any atom is 0.130 e. The standard InChI is InChI=1S/C17H23N3O/c1-3-19-17-6-4-5-13-7-8-15(9-16(13)17)21-11-14-10-18-12-20(14)2/h7-10,12,17,19H,3-6,11H2,1-2H3. The summed E-state index contributed by atoms with van der Waals surface area (Å²) in [5, 5.41) is 3.58. The van der Waals surface area contributed by atoms with Crippen molar-refractivity contribution in [2.45, 2.75) is 38.8 Å². The molecule has 4 heteroatoms. The molecule has 1 heterocycles. The fraction of sp³-hybridized carbons (Fsp3) is 0.471. The predicted octanol–water partition coefficient (Wildman–Crippen LogP) is 2.99. The van der Waals surface area contributed by atoms with Crippen LogP contribution in [0.25, 0.3) is 0 Å². The van der Waals surface area contributed by atoms with Crippen molar-refractivity contribution < 1.29 is 4.74 Å². The van der Waals surface area contributed by atoms with Gasteiger partial charge in [-0.25, -0.2) is 4.98 Å². The molecule has 0 aliphatic heterocycles. The van der Waals surface area contributed by atoms with E-state index in [-0.39, 0.29) is 0 Å². The number of hydrogen-bond donors (Lipinski definition) is 1. The van der Waals surface area contributed by atoms with Gasteiger partial charge in [0.2, 0.25) is 0 Å². The molecule has 2 aromatic rings. The van der Waals surface area contributed by atoms with E-state index in [0.29, 0.717) is 12.6 Å². The van der Waals surface area contributed by atoms with Crippen molar-refractivity contribution in [1.29, 1.82) is 0 Å². The van der Waals surface area contributed by atoms with Gasteiger partial charge in [-0.05, 0) is 49.1 Å². The highest BCUT2D eigenvalue weighted by Gasteiger charge is 2.19. The Morgan fingerprint density at radius 1 is 1.43 bits per heavy atom. The zero-order chi connectivity index (χ0) is 14.7. The highest BCUT2D eigenvalue weighted by Crippen LogP contribution is 2.32. The number of benzene rings is 1. The Morgan fingerprint density at radius 3 is 3.10 bits per heavy atom. The van der Waals surface area contributed by atoms with Crippen LogP contribution in [0, 0.1) is 0 Å². The van der Waals surface area contributed by atoms with Crippen molar-refractivity contribution in [1.82, 2.24) is 14.9 Å². The molecule has 1 aliphatic rings. The molecule has 4 nitrogen and oxygen atoms in total. The highest BCUT2D eigenvalue weighted by molar-refractivity contribution is 5.39. The number of fused-ring (bicyclic) bond motifs is 1. The van der Waals surface area contributed by atoms with Gasteiger partial charge in [-0.15, -0.1) is 0 Å². The molecule has 0 fully saturated rings. The lowest BCUT2D eigenvalue weighted by Gasteiger charge is -2.26. The number of aryl methyl sites for hydroxylation is 2. The Morgan fingerprint density at radius 2 is 2.33 bits per heavy atom. The summed E-state index contributed by atoms with van der Waals surface area (Å²) in [7, 11) is 1.99. The molecule has 1 N–H and O–H groups in total. The first-order chi connectivity index (χ1) is 10.3. The highest BCUT2D eigenvalue weighted by atomic mass is 16.5. The second kappa shape index (κ2) is 6.31. The van der Waals surface area contributed by atoms with Crippen LogP contribution in [-0.4, -0.2) is 16.1 Å². The lowest BCUT2D eigenvalue weighted by Crippen LogP contribution is -2.24. The van der Waals surface area contributed by atoms with E-state index in [1.807, 2.05) is 17.8 Å². The van der Waals surface area contributed by atoms with Crippen LogP contribution >= 0.6 is 0 Å². The summed E-state index contributed by atoms with van der Waals surface area (Å²) in [5.74, 6) is 0.944. The summed E-state index contributed by atoms with van der Waals surface area (Å²) in [6, 6.07) is 6.98. The van der Waals surface area contributed by atoms with E-state index >= 15 is 0 Å². The monoisotopic (exact) mass is 285 g/mol. The summed E-state index contributed by atoms with van der Waals surface area (Å²) >= 11 is 0. The molecule has 1 aliphatic carbocycles. The molecule has 1 atom stereocenters. The SMILES string of the molecule is CCNC1CCCc2ccc(OCc3cncn3C)cc21. The van der Waals surface area contributed by atoms with Crippen LogP contribution < -0.4 is 10.1 Å². The minimum Gasteiger partial charge on any atom is -0.487 e. The van der Waals surface area contributed by atoms with E-state index in [4.69, 9.17) is 4.74 Å². The van der Waals surface area contributed by atoms with Gasteiger partial charge in [0.05, 0.1) is 18.2 Å². The number of imidazole rings is 1. The second-order valence-corrected chi connectivity index (χ2v) is 5.65. The molecule has 3 rings (SSSR count). The fourth-order valence-electron chi connectivity index (χ4n) is 3.01. The molecule has 0 saturated heterocycles. The van der Waals surface area contributed by atoms with E-state index in [1.165, 1.54) is 30.4 Å². The number of rotatable bonds is 5. The molecule has 1 aromatic heterocycles. The van der Waals surface area contributed by atoms with Crippen molar-refractivity contribution in [3.05, 3.63) is 47.5 Å². The van der Waals surface area contributed by atoms with Crippen LogP contribution in [-0.2, 0) is 20.1 Å². The average Bonchev–Trinajstić information content (AvgIpc) is 2.91. The summed E-state index contributed by atoms with van der Waals surface area (Å²) in [4.78, 5) is 4.11. The predicted molar refractivity (Wildman–Crippen MR) is 83.3 cm³/mol. The quantitative estimate of drug-likeness (QED) is 0.918. The molecule has 0 radical (unpaired) electrons. The van der Waals surface area contributed by atoms with Gasteiger partial charge < -0.3 is 14.6 Å². The number of hydrogen-bond acceptors (Lipinski definition) is 3. The molecule has 0 spiro atoms. The lowest BCUT2D eigenvalue weighted by atomic mass is 9.87. The second-order valence-electron chi connectivity index (χ2n) is 5.65. The Balaban J connectivity index is 1.75. The first-order valence-corrected chi connectivity index (χ1v) is 7.72. The Labute approximate surface area is 126 Å². The maximum absolute atomic E-state index is 5.94. The molecule has 0 amide bonds. The van der Waals surface area contributed by atoms with Crippen LogP contribution in [0.1, 0.15) is 42.6 Å². The normalized spacial score (nSPS) is 17.5. The van der Waals surface area contributed by atoms with E-state index in [9.17, 15) is 0 Å². The van der Waals surface area contributed by atoms with E-state index in [2.05, 4.69) is 35.4 Å². The van der Waals surface area contributed by atoms with Crippen LogP contribution in [0.5, 0.6) is 5.75 Å². The third-order valence-corrected chi connectivity index (χ3v) is 4.19. The molecule has 1 unspecified atom stereocenters. The van der Waals surface area contributed by atoms with Gasteiger partial charge in [0.15, 0.2) is 0 Å². The topological polar surface area (TPSA) is 39.1 Å². The van der Waals surface area contributed by atoms with Crippen molar-refractivity contribution in [3.63, 3.8) is 0 Å². The maximum atomic E-state index is 5.94. The zero-order valence-corrected chi connectivity index (χ0v) is 12.8. The van der Waals surface area contributed by atoms with Crippen LogP contribution in [0.4, 0.5) is 0 Å². The lowest BCUT2D eigenvalue weighted by molar-refractivity contribution is 0.296. The third-order valence-electron chi connectivity index (χ3n) is 4.19. The van der Waals surface area contributed by atoms with Gasteiger partial charge in [-0.2, -0.15) is 0 Å². The van der Waals surface area contributed by atoms with E-state index in [1.54, 1.807) is 6.33 Å². The minimum atomic E-state index is 0.471. The molecule has 1 aromatic carbocycles. The van der Waals surface area contributed by atoms with E-state index in [0.717, 1.165) is 18.0 Å². The Hall–Kier alpha value is -1.81. The van der Waals surface area contributed by atoms with Crippen molar-refractivity contribution in [3.8, 4) is 5.75 Å². The summed E-state index contributed by atoms with van der Waals surface area (Å²) in [5.41, 5.74) is 3.95. The van der Waals surface area contributed by atoms with Crippen LogP contribution in [0.2, 0.25) is 0 Å². The Bertz CT molecular complexity index is 606. The summed E-state index contributed by atoms with van der Waals surface area (Å²) < 4.78 is 7.92. The molecule has 0 bridgehead atoms. The van der Waals surface area contributed by atoms with Crippen molar-refractivity contribution >= 4 is 0 Å². The molecular formula is C17H23N3O. The minimum absolute atomic E-state index is 0.471. The smallest absolute Gasteiger partial charge is 0.130 e. The van der Waals surface area contributed by atoms with Gasteiger partial charge >= 0.3 is 0 Å². The van der Waals surface area contributed by atoms with Crippen LogP contribution in [0.3, 0.4) is 0 Å². The third kappa shape index (κ3) is 3.10. The van der Waals surface area contributed by atoms with Gasteiger partial charge in [-0.3, -0.25) is 0 Å². The van der Waals surface area contributed by atoms with Gasteiger partial charge in [0, 0.05) is 13.1 Å². The fourth-order valence-corrected chi connectivity index (χ4v) is 3.01. The first-order valence-electron chi connectivity index (χ1n) is 7.72. The Kier molecular flexibility index (Phi) is 4.25. The molecular weight excluding hydrogens is 262 g/mol. The van der Waals surface area contributed by atoms with Gasteiger partial charge in [0.25, 0.3) is 0 Å². The molecule has 0 saturated carbocycles.